The number of benzene rings is 1. The third kappa shape index (κ3) is 7.81. The highest BCUT2D eigenvalue weighted by Crippen LogP contribution is 2.20. The zero-order valence-corrected chi connectivity index (χ0v) is 16.9. The fourth-order valence-electron chi connectivity index (χ4n) is 2.89. The second-order valence-corrected chi connectivity index (χ2v) is 6.12. The number of alkyl halides is 3. The monoisotopic (exact) mass is 470 g/mol. The van der Waals surface area contributed by atoms with E-state index in [9.17, 15) is 13.2 Å². The molecule has 1 aromatic carbocycles. The molecule has 0 saturated carbocycles. The van der Waals surface area contributed by atoms with E-state index in [1.165, 1.54) is 4.90 Å². The highest BCUT2D eigenvalue weighted by Gasteiger charge is 2.34. The third-order valence-electron chi connectivity index (χ3n) is 3.94. The van der Waals surface area contributed by atoms with Crippen molar-refractivity contribution in [2.75, 3.05) is 33.2 Å². The summed E-state index contributed by atoms with van der Waals surface area (Å²) >= 11 is 0. The third-order valence-corrected chi connectivity index (χ3v) is 3.94. The van der Waals surface area contributed by atoms with Crippen LogP contribution < -0.4 is 5.32 Å². The van der Waals surface area contributed by atoms with Crippen molar-refractivity contribution < 1.29 is 13.2 Å². The average molecular weight is 470 g/mol. The minimum absolute atomic E-state index is 0. The molecule has 1 saturated heterocycles. The number of likely N-dealkylation sites (tertiary alicyclic amines) is 1. The number of guanidine groups is 1. The smallest absolute Gasteiger partial charge is 0.352 e. The Bertz CT molecular complexity index is 536. The molecule has 25 heavy (non-hydrogen) atoms. The predicted molar refractivity (Wildman–Crippen MR) is 105 cm³/mol. The number of hydrogen-bond donors (Lipinski definition) is 1. The average Bonchev–Trinajstić information content (AvgIpc) is 2.93. The highest BCUT2D eigenvalue weighted by atomic mass is 127. The molecular weight excluding hydrogens is 444 g/mol. The quantitative estimate of drug-likeness (QED) is 0.407. The number of hydrogen-bond acceptors (Lipinski definition) is 2. The van der Waals surface area contributed by atoms with Crippen molar-refractivity contribution in [3.8, 4) is 0 Å². The molecule has 0 amide bonds. The summed E-state index contributed by atoms with van der Waals surface area (Å²) in [5, 5.41) is 3.32. The molecule has 1 heterocycles. The van der Waals surface area contributed by atoms with Crippen molar-refractivity contribution in [1.82, 2.24) is 15.1 Å². The SMILES string of the molecule is CCN=C(NC1CCN(CC(F)(F)F)C1)N(C)Cc1ccccc1.I. The van der Waals surface area contributed by atoms with Gasteiger partial charge in [0, 0.05) is 39.3 Å². The zero-order chi connectivity index (χ0) is 17.6. The van der Waals surface area contributed by atoms with Gasteiger partial charge in [0.2, 0.25) is 0 Å². The van der Waals surface area contributed by atoms with Gasteiger partial charge in [0.05, 0.1) is 6.54 Å². The van der Waals surface area contributed by atoms with E-state index >= 15 is 0 Å². The van der Waals surface area contributed by atoms with E-state index in [0.29, 0.717) is 32.6 Å². The summed E-state index contributed by atoms with van der Waals surface area (Å²) in [6, 6.07) is 10.0. The Kier molecular flexibility index (Phi) is 8.98. The normalized spacial score (nSPS) is 18.8. The Balaban J connectivity index is 0.00000312. The van der Waals surface area contributed by atoms with Crippen molar-refractivity contribution in [1.29, 1.82) is 0 Å². The van der Waals surface area contributed by atoms with E-state index in [2.05, 4.69) is 10.3 Å². The molecule has 142 valence electrons. The van der Waals surface area contributed by atoms with Crippen LogP contribution in [0.5, 0.6) is 0 Å². The van der Waals surface area contributed by atoms with Crippen LogP contribution in [0.4, 0.5) is 13.2 Å². The van der Waals surface area contributed by atoms with E-state index in [-0.39, 0.29) is 30.0 Å². The molecular formula is C17H26F3IN4. The first kappa shape index (κ1) is 22.0. The molecule has 1 aliphatic heterocycles. The van der Waals surface area contributed by atoms with Crippen LogP contribution >= 0.6 is 24.0 Å². The molecule has 8 heteroatoms. The molecule has 0 radical (unpaired) electrons. The lowest BCUT2D eigenvalue weighted by Gasteiger charge is -2.26. The van der Waals surface area contributed by atoms with Crippen LogP contribution in [-0.4, -0.2) is 61.2 Å². The van der Waals surface area contributed by atoms with Crippen molar-refractivity contribution >= 4 is 29.9 Å². The fraction of sp³-hybridized carbons (Fsp3) is 0.588. The number of nitrogens with one attached hydrogen (secondary N) is 1. The maximum Gasteiger partial charge on any atom is 0.401 e. The minimum atomic E-state index is -4.14. The Labute approximate surface area is 164 Å². The maximum absolute atomic E-state index is 12.5. The van der Waals surface area contributed by atoms with E-state index < -0.39 is 12.7 Å². The Morgan fingerprint density at radius 2 is 2.00 bits per heavy atom. The summed E-state index contributed by atoms with van der Waals surface area (Å²) in [6.45, 7) is 3.28. The van der Waals surface area contributed by atoms with Gasteiger partial charge in [0.25, 0.3) is 0 Å². The highest BCUT2D eigenvalue weighted by molar-refractivity contribution is 14.0. The summed E-state index contributed by atoms with van der Waals surface area (Å²) in [5.41, 5.74) is 1.16. The van der Waals surface area contributed by atoms with Crippen LogP contribution in [0.25, 0.3) is 0 Å². The van der Waals surface area contributed by atoms with Gasteiger partial charge in [-0.1, -0.05) is 30.3 Å². The summed E-state index contributed by atoms with van der Waals surface area (Å²) in [4.78, 5) is 7.92. The molecule has 1 aromatic rings. The first-order chi connectivity index (χ1) is 11.4. The number of aliphatic imine (C=N–C) groups is 1. The zero-order valence-electron chi connectivity index (χ0n) is 14.6. The molecule has 2 rings (SSSR count). The van der Waals surface area contributed by atoms with Gasteiger partial charge in [-0.05, 0) is 18.9 Å². The molecule has 1 unspecified atom stereocenters. The van der Waals surface area contributed by atoms with Gasteiger partial charge in [-0.2, -0.15) is 13.2 Å². The lowest BCUT2D eigenvalue weighted by molar-refractivity contribution is -0.143. The minimum Gasteiger partial charge on any atom is -0.352 e. The largest absolute Gasteiger partial charge is 0.401 e. The van der Waals surface area contributed by atoms with Crippen LogP contribution in [0, 0.1) is 0 Å². The molecule has 1 atom stereocenters. The second-order valence-electron chi connectivity index (χ2n) is 6.12. The van der Waals surface area contributed by atoms with Crippen LogP contribution in [0.1, 0.15) is 18.9 Å². The summed E-state index contributed by atoms with van der Waals surface area (Å²) in [5.74, 6) is 0.736. The van der Waals surface area contributed by atoms with Crippen LogP contribution in [0.2, 0.25) is 0 Å². The molecule has 1 fully saturated rings. The van der Waals surface area contributed by atoms with Gasteiger partial charge < -0.3 is 10.2 Å². The molecule has 0 bridgehead atoms. The van der Waals surface area contributed by atoms with Crippen molar-refractivity contribution in [2.24, 2.45) is 4.99 Å². The van der Waals surface area contributed by atoms with Gasteiger partial charge in [-0.3, -0.25) is 9.89 Å². The van der Waals surface area contributed by atoms with Gasteiger partial charge in [0.15, 0.2) is 5.96 Å². The van der Waals surface area contributed by atoms with Crippen LogP contribution in [0.15, 0.2) is 35.3 Å². The maximum atomic E-state index is 12.5. The van der Waals surface area contributed by atoms with Gasteiger partial charge >= 0.3 is 6.18 Å². The standard InChI is InChI=1S/C17H25F3N4.HI/c1-3-21-16(23(2)11-14-7-5-4-6-8-14)22-15-9-10-24(12-15)13-17(18,19)20;/h4-8,15H,3,9-13H2,1-2H3,(H,21,22);1H. The van der Waals surface area contributed by atoms with Gasteiger partial charge in [0.1, 0.15) is 0 Å². The number of nitrogens with zero attached hydrogens (tertiary/aromatic N) is 3. The summed E-state index contributed by atoms with van der Waals surface area (Å²) in [7, 11) is 1.94. The molecule has 0 spiro atoms. The molecule has 0 aromatic heterocycles. The topological polar surface area (TPSA) is 30.9 Å². The van der Waals surface area contributed by atoms with E-state index in [0.717, 1.165) is 11.5 Å². The first-order valence-corrected chi connectivity index (χ1v) is 8.22. The number of halogens is 4. The predicted octanol–water partition coefficient (Wildman–Crippen LogP) is 3.34. The van der Waals surface area contributed by atoms with Crippen LogP contribution in [-0.2, 0) is 6.54 Å². The summed E-state index contributed by atoms with van der Waals surface area (Å²) in [6.07, 6.45) is -3.45. The van der Waals surface area contributed by atoms with Crippen molar-refractivity contribution in [3.63, 3.8) is 0 Å². The molecule has 4 nitrogen and oxygen atoms in total. The van der Waals surface area contributed by atoms with Crippen molar-refractivity contribution in [3.05, 3.63) is 35.9 Å². The Morgan fingerprint density at radius 1 is 1.32 bits per heavy atom. The van der Waals surface area contributed by atoms with E-state index in [1.54, 1.807) is 0 Å². The second kappa shape index (κ2) is 10.2. The van der Waals surface area contributed by atoms with Gasteiger partial charge in [-0.15, -0.1) is 24.0 Å². The first-order valence-electron chi connectivity index (χ1n) is 8.22. The molecule has 1 N–H and O–H groups in total. The van der Waals surface area contributed by atoms with E-state index in [1.807, 2.05) is 49.2 Å². The molecule has 0 aliphatic carbocycles. The Morgan fingerprint density at radius 3 is 2.60 bits per heavy atom. The summed E-state index contributed by atoms with van der Waals surface area (Å²) < 4.78 is 37.5. The van der Waals surface area contributed by atoms with E-state index in [4.69, 9.17) is 0 Å². The van der Waals surface area contributed by atoms with Crippen molar-refractivity contribution in [2.45, 2.75) is 32.1 Å². The van der Waals surface area contributed by atoms with Gasteiger partial charge in [-0.25, -0.2) is 0 Å². The fourth-order valence-corrected chi connectivity index (χ4v) is 2.89. The Hall–Kier alpha value is -1.03. The molecule has 1 aliphatic rings. The lowest BCUT2D eigenvalue weighted by Crippen LogP contribution is -2.45. The lowest BCUT2D eigenvalue weighted by atomic mass is 10.2. The number of rotatable bonds is 5. The van der Waals surface area contributed by atoms with Crippen LogP contribution in [0.3, 0.4) is 0 Å².